The van der Waals surface area contributed by atoms with Crippen molar-refractivity contribution in [3.05, 3.63) is 23.8 Å². The van der Waals surface area contributed by atoms with Crippen molar-refractivity contribution in [3.63, 3.8) is 0 Å². The molecule has 0 atom stereocenters. The fraction of sp³-hybridized carbons (Fsp3) is 0.500. The quantitative estimate of drug-likeness (QED) is 0.746. The van der Waals surface area contributed by atoms with E-state index in [4.69, 9.17) is 4.74 Å². The molecule has 0 spiro atoms. The smallest absolute Gasteiger partial charge is 0.235 e. The summed E-state index contributed by atoms with van der Waals surface area (Å²) in [4.78, 5) is 14.0. The van der Waals surface area contributed by atoms with Gasteiger partial charge >= 0.3 is 0 Å². The molecule has 0 bridgehead atoms. The van der Waals surface area contributed by atoms with Gasteiger partial charge in [0.25, 0.3) is 0 Å². The molecule has 0 radical (unpaired) electrons. The molecule has 1 aliphatic heterocycles. The van der Waals surface area contributed by atoms with Gasteiger partial charge in [-0.2, -0.15) is 0 Å². The monoisotopic (exact) mass is 233 g/mol. The van der Waals surface area contributed by atoms with Crippen LogP contribution < -0.4 is 9.64 Å². The Labute approximate surface area is 102 Å². The molecule has 3 heteroatoms. The van der Waals surface area contributed by atoms with Crippen LogP contribution in [-0.4, -0.2) is 19.6 Å². The number of benzene rings is 1. The normalized spacial score (nSPS) is 18.4. The number of nitrogens with zero attached hydrogens (tertiary/aromatic N) is 1. The number of hydrogen-bond acceptors (Lipinski definition) is 2. The molecule has 1 aromatic carbocycles. The van der Waals surface area contributed by atoms with E-state index >= 15 is 0 Å². The summed E-state index contributed by atoms with van der Waals surface area (Å²) in [5.74, 6) is 0.959. The summed E-state index contributed by atoms with van der Waals surface area (Å²) in [5, 5.41) is 0. The average molecular weight is 233 g/mol. The third-order valence-electron chi connectivity index (χ3n) is 3.28. The van der Waals surface area contributed by atoms with Crippen molar-refractivity contribution >= 4 is 11.6 Å². The Bertz CT molecular complexity index is 452. The highest BCUT2D eigenvalue weighted by atomic mass is 16.5. The van der Waals surface area contributed by atoms with Gasteiger partial charge in [0.05, 0.1) is 11.1 Å². The van der Waals surface area contributed by atoms with E-state index in [1.807, 2.05) is 33.0 Å². The van der Waals surface area contributed by atoms with Crippen LogP contribution in [0.2, 0.25) is 0 Å². The molecule has 17 heavy (non-hydrogen) atoms. The molecule has 2 rings (SSSR count). The molecule has 0 aromatic heterocycles. The molecular formula is C14H19NO2. The van der Waals surface area contributed by atoms with Gasteiger partial charge in [0.2, 0.25) is 5.91 Å². The van der Waals surface area contributed by atoms with Crippen molar-refractivity contribution in [3.8, 4) is 5.75 Å². The van der Waals surface area contributed by atoms with Crippen molar-refractivity contribution in [2.45, 2.75) is 27.2 Å². The molecule has 1 amide bonds. The summed E-state index contributed by atoms with van der Waals surface area (Å²) in [7, 11) is 1.82. The highest BCUT2D eigenvalue weighted by molar-refractivity contribution is 5.99. The molecule has 0 aliphatic carbocycles. The topological polar surface area (TPSA) is 29.5 Å². The number of rotatable bonds is 1. The maximum absolute atomic E-state index is 12.3. The second-order valence-electron chi connectivity index (χ2n) is 5.16. The lowest BCUT2D eigenvalue weighted by atomic mass is 9.93. The van der Waals surface area contributed by atoms with Crippen LogP contribution in [0.25, 0.3) is 0 Å². The SMILES string of the molecule is CCc1cccc2c1OCC(C)(C)C(=O)N2C. The fourth-order valence-corrected chi connectivity index (χ4v) is 2.16. The van der Waals surface area contributed by atoms with Crippen LogP contribution in [0.4, 0.5) is 5.69 Å². The lowest BCUT2D eigenvalue weighted by Gasteiger charge is -2.24. The summed E-state index contributed by atoms with van der Waals surface area (Å²) in [6.07, 6.45) is 0.908. The molecule has 0 saturated carbocycles. The number of hydrogen-bond donors (Lipinski definition) is 0. The van der Waals surface area contributed by atoms with Crippen LogP contribution in [0.1, 0.15) is 26.3 Å². The first-order chi connectivity index (χ1) is 7.97. The van der Waals surface area contributed by atoms with Crippen LogP contribution in [-0.2, 0) is 11.2 Å². The zero-order valence-corrected chi connectivity index (χ0v) is 10.9. The Kier molecular flexibility index (Phi) is 2.86. The molecule has 1 aliphatic rings. The van der Waals surface area contributed by atoms with Gasteiger partial charge in [0.1, 0.15) is 12.4 Å². The third kappa shape index (κ3) is 1.90. The van der Waals surface area contributed by atoms with E-state index in [-0.39, 0.29) is 5.91 Å². The lowest BCUT2D eigenvalue weighted by molar-refractivity contribution is -0.127. The van der Waals surface area contributed by atoms with Crippen LogP contribution in [0.15, 0.2) is 18.2 Å². The zero-order valence-electron chi connectivity index (χ0n) is 10.9. The standard InChI is InChI=1S/C14H19NO2/c1-5-10-7-6-8-11-12(10)17-9-14(2,3)13(16)15(11)4/h6-8H,5,9H2,1-4H3. The highest BCUT2D eigenvalue weighted by Gasteiger charge is 2.36. The van der Waals surface area contributed by atoms with Gasteiger partial charge in [0.15, 0.2) is 0 Å². The molecule has 0 saturated heterocycles. The summed E-state index contributed by atoms with van der Waals surface area (Å²) in [6, 6.07) is 5.96. The van der Waals surface area contributed by atoms with Crippen molar-refractivity contribution in [2.75, 3.05) is 18.6 Å². The average Bonchev–Trinajstić information content (AvgIpc) is 2.41. The fourth-order valence-electron chi connectivity index (χ4n) is 2.16. The van der Waals surface area contributed by atoms with Crippen LogP contribution in [0.5, 0.6) is 5.75 Å². The number of ether oxygens (including phenoxy) is 1. The Morgan fingerprint density at radius 1 is 1.41 bits per heavy atom. The van der Waals surface area contributed by atoms with Gasteiger partial charge in [-0.1, -0.05) is 19.1 Å². The van der Waals surface area contributed by atoms with Gasteiger partial charge in [-0.05, 0) is 31.9 Å². The Morgan fingerprint density at radius 3 is 2.76 bits per heavy atom. The van der Waals surface area contributed by atoms with E-state index < -0.39 is 5.41 Å². The number of amides is 1. The Hall–Kier alpha value is -1.51. The zero-order chi connectivity index (χ0) is 12.6. The van der Waals surface area contributed by atoms with Crippen LogP contribution in [0, 0.1) is 5.41 Å². The van der Waals surface area contributed by atoms with E-state index in [0.29, 0.717) is 6.61 Å². The molecule has 1 heterocycles. The highest BCUT2D eigenvalue weighted by Crippen LogP contribution is 2.38. The van der Waals surface area contributed by atoms with Crippen molar-refractivity contribution in [1.29, 1.82) is 0 Å². The van der Waals surface area contributed by atoms with E-state index in [1.54, 1.807) is 4.90 Å². The molecule has 0 fully saturated rings. The van der Waals surface area contributed by atoms with Gasteiger partial charge in [0, 0.05) is 7.05 Å². The largest absolute Gasteiger partial charge is 0.490 e. The first-order valence-corrected chi connectivity index (χ1v) is 6.00. The Balaban J connectivity index is 2.54. The van der Waals surface area contributed by atoms with E-state index in [9.17, 15) is 4.79 Å². The molecular weight excluding hydrogens is 214 g/mol. The first-order valence-electron chi connectivity index (χ1n) is 6.00. The molecule has 92 valence electrons. The van der Waals surface area contributed by atoms with Crippen LogP contribution in [0.3, 0.4) is 0 Å². The second kappa shape index (κ2) is 4.06. The minimum atomic E-state index is -0.473. The van der Waals surface area contributed by atoms with Crippen molar-refractivity contribution in [1.82, 2.24) is 0 Å². The minimum Gasteiger partial charge on any atom is -0.490 e. The van der Waals surface area contributed by atoms with E-state index in [2.05, 4.69) is 13.0 Å². The number of anilines is 1. The predicted octanol–water partition coefficient (Wildman–Crippen LogP) is 2.63. The maximum Gasteiger partial charge on any atom is 0.235 e. The van der Waals surface area contributed by atoms with Crippen LogP contribution >= 0.6 is 0 Å². The Morgan fingerprint density at radius 2 is 2.12 bits per heavy atom. The number of para-hydroxylation sites is 1. The summed E-state index contributed by atoms with van der Waals surface area (Å²) >= 11 is 0. The summed E-state index contributed by atoms with van der Waals surface area (Å²) < 4.78 is 5.86. The second-order valence-corrected chi connectivity index (χ2v) is 5.16. The number of carbonyl (C=O) groups excluding carboxylic acids is 1. The maximum atomic E-state index is 12.3. The number of fused-ring (bicyclic) bond motifs is 1. The number of carbonyl (C=O) groups is 1. The third-order valence-corrected chi connectivity index (χ3v) is 3.28. The van der Waals surface area contributed by atoms with Crippen molar-refractivity contribution < 1.29 is 9.53 Å². The lowest BCUT2D eigenvalue weighted by Crippen LogP contribution is -2.39. The molecule has 3 nitrogen and oxygen atoms in total. The minimum absolute atomic E-state index is 0.101. The molecule has 1 aromatic rings. The summed E-state index contributed by atoms with van der Waals surface area (Å²) in [6.45, 7) is 6.36. The van der Waals surface area contributed by atoms with E-state index in [1.165, 1.54) is 0 Å². The van der Waals surface area contributed by atoms with Gasteiger partial charge in [-0.25, -0.2) is 0 Å². The van der Waals surface area contributed by atoms with Gasteiger partial charge in [-0.3, -0.25) is 4.79 Å². The molecule has 0 N–H and O–H groups in total. The van der Waals surface area contributed by atoms with E-state index in [0.717, 1.165) is 23.4 Å². The van der Waals surface area contributed by atoms with Crippen molar-refractivity contribution in [2.24, 2.45) is 5.41 Å². The number of aryl methyl sites for hydroxylation is 1. The van der Waals surface area contributed by atoms with Gasteiger partial charge in [-0.15, -0.1) is 0 Å². The molecule has 0 unspecified atom stereocenters. The predicted molar refractivity (Wildman–Crippen MR) is 68.5 cm³/mol. The first kappa shape index (κ1) is 12.0. The summed E-state index contributed by atoms with van der Waals surface area (Å²) in [5.41, 5.74) is 1.55. The van der Waals surface area contributed by atoms with Gasteiger partial charge < -0.3 is 9.64 Å².